The number of nitrogens with one attached hydrogen (secondary N) is 1. The Morgan fingerprint density at radius 3 is 2.39 bits per heavy atom. The van der Waals surface area contributed by atoms with Gasteiger partial charge in [0.2, 0.25) is 0 Å². The standard InChI is InChI=1S/C26H21F3N2O2/c1-15-12-23(17-6-9-20(10-7-17)26(27,28)29)31-24-14-19(8-11-22(15)24)25(33)30-16(2)18-4-3-5-21(32)13-18/h3-14,16,32H,1-2H3,(H,30,33). The fourth-order valence-corrected chi connectivity index (χ4v) is 3.68. The summed E-state index contributed by atoms with van der Waals surface area (Å²) in [4.78, 5) is 17.4. The molecular weight excluding hydrogens is 429 g/mol. The number of alkyl halides is 3. The first-order valence-corrected chi connectivity index (χ1v) is 10.3. The number of carbonyl (C=O) groups excluding carboxylic acids is 1. The van der Waals surface area contributed by atoms with Gasteiger partial charge in [-0.05, 0) is 67.4 Å². The third-order valence-electron chi connectivity index (χ3n) is 5.50. The van der Waals surface area contributed by atoms with E-state index in [1.807, 2.05) is 32.0 Å². The highest BCUT2D eigenvalue weighted by molar-refractivity contribution is 5.98. The molecule has 2 N–H and O–H groups in total. The zero-order valence-corrected chi connectivity index (χ0v) is 17.9. The Morgan fingerprint density at radius 1 is 1.00 bits per heavy atom. The molecule has 3 aromatic carbocycles. The molecule has 4 nitrogen and oxygen atoms in total. The number of halogens is 3. The van der Waals surface area contributed by atoms with E-state index in [0.717, 1.165) is 28.6 Å². The zero-order chi connectivity index (χ0) is 23.8. The van der Waals surface area contributed by atoms with Crippen molar-refractivity contribution < 1.29 is 23.1 Å². The molecule has 0 aliphatic rings. The first kappa shape index (κ1) is 22.3. The maximum absolute atomic E-state index is 12.9. The van der Waals surface area contributed by atoms with E-state index in [-0.39, 0.29) is 17.7 Å². The molecule has 1 heterocycles. The van der Waals surface area contributed by atoms with Crippen molar-refractivity contribution in [3.63, 3.8) is 0 Å². The van der Waals surface area contributed by atoms with E-state index in [1.165, 1.54) is 12.1 Å². The van der Waals surface area contributed by atoms with E-state index in [4.69, 9.17) is 0 Å². The van der Waals surface area contributed by atoms with E-state index in [1.54, 1.807) is 30.3 Å². The summed E-state index contributed by atoms with van der Waals surface area (Å²) < 4.78 is 38.6. The lowest BCUT2D eigenvalue weighted by atomic mass is 10.0. The molecule has 168 valence electrons. The predicted octanol–water partition coefficient (Wildman–Crippen LogP) is 6.43. The van der Waals surface area contributed by atoms with Crippen LogP contribution in [0, 0.1) is 6.92 Å². The van der Waals surface area contributed by atoms with Gasteiger partial charge in [0.15, 0.2) is 0 Å². The van der Waals surface area contributed by atoms with Crippen LogP contribution < -0.4 is 5.32 Å². The number of phenolic OH excluding ortho intramolecular Hbond substituents is 1. The topological polar surface area (TPSA) is 62.2 Å². The molecule has 1 aromatic heterocycles. The van der Waals surface area contributed by atoms with E-state index < -0.39 is 11.7 Å². The molecule has 1 atom stereocenters. The van der Waals surface area contributed by atoms with Crippen molar-refractivity contribution in [2.45, 2.75) is 26.1 Å². The SMILES string of the molecule is Cc1cc(-c2ccc(C(F)(F)F)cc2)nc2cc(C(=O)NC(C)c3cccc(O)c3)ccc12. The van der Waals surface area contributed by atoms with Crippen molar-refractivity contribution in [1.82, 2.24) is 10.3 Å². The minimum atomic E-state index is -4.40. The first-order valence-electron chi connectivity index (χ1n) is 10.3. The number of aromatic nitrogens is 1. The van der Waals surface area contributed by atoms with Crippen molar-refractivity contribution in [2.75, 3.05) is 0 Å². The van der Waals surface area contributed by atoms with Crippen molar-refractivity contribution in [2.24, 2.45) is 0 Å². The molecule has 0 aliphatic carbocycles. The van der Waals surface area contributed by atoms with Gasteiger partial charge in [-0.3, -0.25) is 4.79 Å². The lowest BCUT2D eigenvalue weighted by molar-refractivity contribution is -0.137. The van der Waals surface area contributed by atoms with Crippen molar-refractivity contribution in [3.05, 3.63) is 95.1 Å². The third-order valence-corrected chi connectivity index (χ3v) is 5.50. The summed E-state index contributed by atoms with van der Waals surface area (Å²) in [5, 5.41) is 13.4. The number of aromatic hydroxyl groups is 1. The maximum atomic E-state index is 12.9. The van der Waals surface area contributed by atoms with Crippen molar-refractivity contribution in [3.8, 4) is 17.0 Å². The van der Waals surface area contributed by atoms with Crippen LogP contribution >= 0.6 is 0 Å². The van der Waals surface area contributed by atoms with Gasteiger partial charge in [-0.1, -0.05) is 30.3 Å². The average molecular weight is 450 g/mol. The number of carbonyl (C=O) groups is 1. The molecule has 33 heavy (non-hydrogen) atoms. The van der Waals surface area contributed by atoms with Gasteiger partial charge in [0, 0.05) is 16.5 Å². The van der Waals surface area contributed by atoms with Crippen LogP contribution in [0.5, 0.6) is 5.75 Å². The van der Waals surface area contributed by atoms with E-state index in [0.29, 0.717) is 22.3 Å². The van der Waals surface area contributed by atoms with Crippen LogP contribution in [0.3, 0.4) is 0 Å². The average Bonchev–Trinajstić information content (AvgIpc) is 2.78. The Hall–Kier alpha value is -3.87. The number of amides is 1. The van der Waals surface area contributed by atoms with Crippen molar-refractivity contribution in [1.29, 1.82) is 0 Å². The minimum Gasteiger partial charge on any atom is -0.508 e. The molecular formula is C26H21F3N2O2. The summed E-state index contributed by atoms with van der Waals surface area (Å²) in [6.07, 6.45) is -4.40. The Kier molecular flexibility index (Phi) is 5.80. The Labute approximate surface area is 188 Å². The molecule has 0 radical (unpaired) electrons. The number of rotatable bonds is 4. The molecule has 7 heteroatoms. The van der Waals surface area contributed by atoms with E-state index in [2.05, 4.69) is 10.3 Å². The second-order valence-electron chi connectivity index (χ2n) is 7.92. The van der Waals surface area contributed by atoms with Gasteiger partial charge in [-0.2, -0.15) is 13.2 Å². The minimum absolute atomic E-state index is 0.120. The summed E-state index contributed by atoms with van der Waals surface area (Å²) in [6.45, 7) is 3.71. The Balaban J connectivity index is 1.63. The Bertz CT molecular complexity index is 1330. The molecule has 0 fully saturated rings. The summed E-state index contributed by atoms with van der Waals surface area (Å²) in [5.74, 6) is -0.179. The molecule has 1 amide bonds. The Morgan fingerprint density at radius 2 is 1.73 bits per heavy atom. The summed E-state index contributed by atoms with van der Waals surface area (Å²) >= 11 is 0. The fourth-order valence-electron chi connectivity index (χ4n) is 3.68. The number of nitrogens with zero attached hydrogens (tertiary/aromatic N) is 1. The quantitative estimate of drug-likeness (QED) is 0.377. The van der Waals surface area contributed by atoms with E-state index >= 15 is 0 Å². The summed E-state index contributed by atoms with van der Waals surface area (Å²) in [6, 6.07) is 18.2. The first-order chi connectivity index (χ1) is 15.6. The monoisotopic (exact) mass is 450 g/mol. The van der Waals surface area contributed by atoms with Gasteiger partial charge in [0.05, 0.1) is 22.8 Å². The van der Waals surface area contributed by atoms with Crippen LogP contribution in [0.4, 0.5) is 13.2 Å². The van der Waals surface area contributed by atoms with Gasteiger partial charge >= 0.3 is 6.18 Å². The highest BCUT2D eigenvalue weighted by Gasteiger charge is 2.30. The molecule has 1 unspecified atom stereocenters. The predicted molar refractivity (Wildman–Crippen MR) is 121 cm³/mol. The number of fused-ring (bicyclic) bond motifs is 1. The molecule has 0 saturated carbocycles. The van der Waals surface area contributed by atoms with Crippen LogP contribution in [-0.2, 0) is 6.18 Å². The molecule has 4 rings (SSSR count). The molecule has 0 spiro atoms. The number of aryl methyl sites for hydroxylation is 1. The maximum Gasteiger partial charge on any atom is 0.416 e. The highest BCUT2D eigenvalue weighted by atomic mass is 19.4. The fraction of sp³-hybridized carbons (Fsp3) is 0.154. The van der Waals surface area contributed by atoms with Crippen LogP contribution in [0.25, 0.3) is 22.2 Å². The highest BCUT2D eigenvalue weighted by Crippen LogP contribution is 2.31. The number of phenols is 1. The van der Waals surface area contributed by atoms with Gasteiger partial charge < -0.3 is 10.4 Å². The second kappa shape index (κ2) is 8.58. The lowest BCUT2D eigenvalue weighted by Gasteiger charge is -2.15. The van der Waals surface area contributed by atoms with E-state index in [9.17, 15) is 23.1 Å². The van der Waals surface area contributed by atoms with Crippen LogP contribution in [0.2, 0.25) is 0 Å². The molecule has 0 bridgehead atoms. The van der Waals surface area contributed by atoms with Gasteiger partial charge in [0.1, 0.15) is 5.75 Å². The second-order valence-corrected chi connectivity index (χ2v) is 7.92. The summed E-state index contributed by atoms with van der Waals surface area (Å²) in [7, 11) is 0. The largest absolute Gasteiger partial charge is 0.508 e. The van der Waals surface area contributed by atoms with Crippen LogP contribution in [0.1, 0.15) is 40.0 Å². The van der Waals surface area contributed by atoms with Gasteiger partial charge in [-0.15, -0.1) is 0 Å². The number of pyridine rings is 1. The summed E-state index contributed by atoms with van der Waals surface area (Å²) in [5.41, 5.74) is 3.01. The lowest BCUT2D eigenvalue weighted by Crippen LogP contribution is -2.26. The van der Waals surface area contributed by atoms with Crippen molar-refractivity contribution >= 4 is 16.8 Å². The van der Waals surface area contributed by atoms with Gasteiger partial charge in [-0.25, -0.2) is 4.98 Å². The number of benzene rings is 3. The smallest absolute Gasteiger partial charge is 0.416 e. The zero-order valence-electron chi connectivity index (χ0n) is 17.9. The molecule has 0 saturated heterocycles. The normalized spacial score (nSPS) is 12.5. The third kappa shape index (κ3) is 4.82. The number of hydrogen-bond acceptors (Lipinski definition) is 3. The number of hydrogen-bond donors (Lipinski definition) is 2. The van der Waals surface area contributed by atoms with Crippen LogP contribution in [0.15, 0.2) is 72.8 Å². The van der Waals surface area contributed by atoms with Gasteiger partial charge in [0.25, 0.3) is 5.91 Å². The van der Waals surface area contributed by atoms with Crippen LogP contribution in [-0.4, -0.2) is 16.0 Å². The molecule has 4 aromatic rings. The molecule has 0 aliphatic heterocycles.